The summed E-state index contributed by atoms with van der Waals surface area (Å²) >= 11 is 0. The lowest BCUT2D eigenvalue weighted by Gasteiger charge is -2.08. The fourth-order valence-electron chi connectivity index (χ4n) is 1.30. The van der Waals surface area contributed by atoms with Gasteiger partial charge in [0, 0.05) is 12.2 Å². The minimum absolute atomic E-state index is 0.145. The Hall–Kier alpha value is -1.51. The highest BCUT2D eigenvalue weighted by Crippen LogP contribution is 2.16. The van der Waals surface area contributed by atoms with Gasteiger partial charge in [0.15, 0.2) is 0 Å². The van der Waals surface area contributed by atoms with Gasteiger partial charge in [-0.05, 0) is 23.6 Å². The first-order valence-corrected chi connectivity index (χ1v) is 5.15. The molecule has 3 nitrogen and oxygen atoms in total. The SMILES string of the molecule is CC(C)c1ccc(NCCC(=O)O)cc1. The summed E-state index contributed by atoms with van der Waals surface area (Å²) in [5.41, 5.74) is 2.26. The molecule has 2 N–H and O–H groups in total. The van der Waals surface area contributed by atoms with Gasteiger partial charge in [0.1, 0.15) is 0 Å². The predicted octanol–water partition coefficient (Wildman–Crippen LogP) is 2.70. The van der Waals surface area contributed by atoms with E-state index in [1.807, 2.05) is 12.1 Å². The zero-order valence-electron chi connectivity index (χ0n) is 9.16. The molecule has 0 heterocycles. The number of rotatable bonds is 5. The minimum atomic E-state index is -0.777. The van der Waals surface area contributed by atoms with Crippen molar-refractivity contribution in [3.8, 4) is 0 Å². The van der Waals surface area contributed by atoms with E-state index in [4.69, 9.17) is 5.11 Å². The highest BCUT2D eigenvalue weighted by atomic mass is 16.4. The second-order valence-corrected chi connectivity index (χ2v) is 3.85. The molecular formula is C12H17NO2. The van der Waals surface area contributed by atoms with Crippen molar-refractivity contribution in [3.05, 3.63) is 29.8 Å². The lowest BCUT2D eigenvalue weighted by atomic mass is 10.0. The normalized spacial score (nSPS) is 10.3. The van der Waals surface area contributed by atoms with Gasteiger partial charge in [-0.2, -0.15) is 0 Å². The number of carboxylic acids is 1. The lowest BCUT2D eigenvalue weighted by molar-refractivity contribution is -0.136. The average Bonchev–Trinajstić information content (AvgIpc) is 2.18. The van der Waals surface area contributed by atoms with E-state index in [1.54, 1.807) is 0 Å². The number of hydrogen-bond donors (Lipinski definition) is 2. The molecule has 1 aromatic rings. The number of carboxylic acid groups (broad SMARTS) is 1. The molecule has 0 aliphatic rings. The Morgan fingerprint density at radius 3 is 2.40 bits per heavy atom. The molecule has 0 bridgehead atoms. The Kier molecular flexibility index (Phi) is 4.16. The molecule has 0 saturated carbocycles. The monoisotopic (exact) mass is 207 g/mol. The van der Waals surface area contributed by atoms with Crippen molar-refractivity contribution in [2.24, 2.45) is 0 Å². The molecule has 0 saturated heterocycles. The first-order chi connectivity index (χ1) is 7.09. The van der Waals surface area contributed by atoms with Crippen LogP contribution in [0.1, 0.15) is 31.7 Å². The largest absolute Gasteiger partial charge is 0.481 e. The van der Waals surface area contributed by atoms with Gasteiger partial charge in [-0.3, -0.25) is 4.79 Å². The van der Waals surface area contributed by atoms with E-state index in [-0.39, 0.29) is 6.42 Å². The summed E-state index contributed by atoms with van der Waals surface area (Å²) in [6.07, 6.45) is 0.145. The third-order valence-electron chi connectivity index (χ3n) is 2.25. The summed E-state index contributed by atoms with van der Waals surface area (Å²) in [7, 11) is 0. The fourth-order valence-corrected chi connectivity index (χ4v) is 1.30. The molecule has 0 unspecified atom stereocenters. The van der Waals surface area contributed by atoms with Crippen molar-refractivity contribution in [1.82, 2.24) is 0 Å². The Morgan fingerprint density at radius 1 is 1.33 bits per heavy atom. The average molecular weight is 207 g/mol. The molecule has 0 aliphatic heterocycles. The van der Waals surface area contributed by atoms with Crippen LogP contribution in [-0.2, 0) is 4.79 Å². The van der Waals surface area contributed by atoms with Crippen molar-refractivity contribution in [3.63, 3.8) is 0 Å². The van der Waals surface area contributed by atoms with Crippen LogP contribution in [0.25, 0.3) is 0 Å². The third-order valence-corrected chi connectivity index (χ3v) is 2.25. The summed E-state index contributed by atoms with van der Waals surface area (Å²) in [5, 5.41) is 11.5. The Labute approximate surface area is 90.1 Å². The molecule has 15 heavy (non-hydrogen) atoms. The highest BCUT2D eigenvalue weighted by molar-refractivity contribution is 5.67. The fraction of sp³-hybridized carbons (Fsp3) is 0.417. The number of aliphatic carboxylic acids is 1. The Morgan fingerprint density at radius 2 is 1.93 bits per heavy atom. The number of hydrogen-bond acceptors (Lipinski definition) is 2. The smallest absolute Gasteiger partial charge is 0.305 e. The molecule has 0 fully saturated rings. The first kappa shape index (κ1) is 11.6. The Bertz CT molecular complexity index is 317. The van der Waals surface area contributed by atoms with Crippen molar-refractivity contribution in [2.75, 3.05) is 11.9 Å². The molecule has 3 heteroatoms. The van der Waals surface area contributed by atoms with Crippen molar-refractivity contribution >= 4 is 11.7 Å². The standard InChI is InChI=1S/C12H17NO2/c1-9(2)10-3-5-11(6-4-10)13-8-7-12(14)15/h3-6,9,13H,7-8H2,1-2H3,(H,14,15). The molecule has 1 rings (SSSR count). The van der Waals surface area contributed by atoms with Crippen LogP contribution in [0.4, 0.5) is 5.69 Å². The van der Waals surface area contributed by atoms with E-state index in [1.165, 1.54) is 5.56 Å². The second-order valence-electron chi connectivity index (χ2n) is 3.85. The number of anilines is 1. The van der Waals surface area contributed by atoms with Crippen molar-refractivity contribution in [2.45, 2.75) is 26.2 Å². The molecule has 0 amide bonds. The summed E-state index contributed by atoms with van der Waals surface area (Å²) < 4.78 is 0. The van der Waals surface area contributed by atoms with Crippen LogP contribution in [-0.4, -0.2) is 17.6 Å². The molecule has 0 aromatic heterocycles. The number of nitrogens with one attached hydrogen (secondary N) is 1. The van der Waals surface area contributed by atoms with Gasteiger partial charge < -0.3 is 10.4 Å². The molecule has 0 spiro atoms. The van der Waals surface area contributed by atoms with E-state index in [0.29, 0.717) is 12.5 Å². The molecule has 1 aromatic carbocycles. The second kappa shape index (κ2) is 5.39. The maximum atomic E-state index is 10.3. The van der Waals surface area contributed by atoms with Gasteiger partial charge in [-0.15, -0.1) is 0 Å². The number of benzene rings is 1. The first-order valence-electron chi connectivity index (χ1n) is 5.15. The zero-order chi connectivity index (χ0) is 11.3. The van der Waals surface area contributed by atoms with E-state index in [2.05, 4.69) is 31.3 Å². The summed E-state index contributed by atoms with van der Waals surface area (Å²) in [6, 6.07) is 8.09. The molecule has 0 radical (unpaired) electrons. The highest BCUT2D eigenvalue weighted by Gasteiger charge is 1.99. The van der Waals surface area contributed by atoms with Crippen molar-refractivity contribution in [1.29, 1.82) is 0 Å². The van der Waals surface area contributed by atoms with Crippen LogP contribution in [0, 0.1) is 0 Å². The van der Waals surface area contributed by atoms with E-state index >= 15 is 0 Å². The van der Waals surface area contributed by atoms with Gasteiger partial charge >= 0.3 is 5.97 Å². The van der Waals surface area contributed by atoms with E-state index in [9.17, 15) is 4.79 Å². The zero-order valence-corrected chi connectivity index (χ0v) is 9.16. The van der Waals surface area contributed by atoms with Crippen LogP contribution in [0.3, 0.4) is 0 Å². The van der Waals surface area contributed by atoms with Crippen molar-refractivity contribution < 1.29 is 9.90 Å². The molecule has 0 atom stereocenters. The Balaban J connectivity index is 2.46. The van der Waals surface area contributed by atoms with Gasteiger partial charge in [0.05, 0.1) is 6.42 Å². The molecule has 0 aliphatic carbocycles. The lowest BCUT2D eigenvalue weighted by Crippen LogP contribution is -2.07. The summed E-state index contributed by atoms with van der Waals surface area (Å²) in [6.45, 7) is 4.76. The van der Waals surface area contributed by atoms with Crippen LogP contribution in [0.5, 0.6) is 0 Å². The summed E-state index contributed by atoms with van der Waals surface area (Å²) in [4.78, 5) is 10.3. The quantitative estimate of drug-likeness (QED) is 0.780. The van der Waals surface area contributed by atoms with Gasteiger partial charge in [0.25, 0.3) is 0 Å². The third kappa shape index (κ3) is 4.02. The predicted molar refractivity (Wildman–Crippen MR) is 61.3 cm³/mol. The van der Waals surface area contributed by atoms with Gasteiger partial charge in [-0.25, -0.2) is 0 Å². The maximum absolute atomic E-state index is 10.3. The van der Waals surface area contributed by atoms with E-state index < -0.39 is 5.97 Å². The summed E-state index contributed by atoms with van der Waals surface area (Å²) in [5.74, 6) is -0.251. The molecular weight excluding hydrogens is 190 g/mol. The van der Waals surface area contributed by atoms with Crippen LogP contribution in [0.15, 0.2) is 24.3 Å². The maximum Gasteiger partial charge on any atom is 0.305 e. The van der Waals surface area contributed by atoms with Gasteiger partial charge in [0.2, 0.25) is 0 Å². The van der Waals surface area contributed by atoms with E-state index in [0.717, 1.165) is 5.69 Å². The minimum Gasteiger partial charge on any atom is -0.481 e. The topological polar surface area (TPSA) is 49.3 Å². The van der Waals surface area contributed by atoms with Crippen LogP contribution < -0.4 is 5.32 Å². The van der Waals surface area contributed by atoms with Crippen LogP contribution in [0.2, 0.25) is 0 Å². The number of carbonyl (C=O) groups is 1. The van der Waals surface area contributed by atoms with Crippen LogP contribution >= 0.6 is 0 Å². The van der Waals surface area contributed by atoms with Gasteiger partial charge in [-0.1, -0.05) is 26.0 Å². The molecule has 82 valence electrons.